The number of hydrogen-bond donors (Lipinski definition) is 0. The van der Waals surface area contributed by atoms with E-state index in [4.69, 9.17) is 0 Å². The van der Waals surface area contributed by atoms with Gasteiger partial charge in [0.25, 0.3) is 0 Å². The minimum atomic E-state index is 0.721. The number of piperidine rings is 2. The zero-order chi connectivity index (χ0) is 16.9. The Hall–Kier alpha value is -1.12. The van der Waals surface area contributed by atoms with Gasteiger partial charge in [-0.25, -0.2) is 0 Å². The van der Waals surface area contributed by atoms with Gasteiger partial charge in [-0.15, -0.1) is 0 Å². The third-order valence-electron chi connectivity index (χ3n) is 6.59. The molecule has 2 heterocycles. The molecule has 2 unspecified atom stereocenters. The Morgan fingerprint density at radius 1 is 0.920 bits per heavy atom. The van der Waals surface area contributed by atoms with E-state index in [0.29, 0.717) is 0 Å². The fourth-order valence-electron chi connectivity index (χ4n) is 5.12. The van der Waals surface area contributed by atoms with E-state index in [1.807, 2.05) is 0 Å². The van der Waals surface area contributed by atoms with Gasteiger partial charge in [0.1, 0.15) is 0 Å². The van der Waals surface area contributed by atoms with Gasteiger partial charge in [0.15, 0.2) is 0 Å². The van der Waals surface area contributed by atoms with Crippen LogP contribution in [0.2, 0.25) is 0 Å². The summed E-state index contributed by atoms with van der Waals surface area (Å²) in [5.41, 5.74) is 3.02. The number of fused-ring (bicyclic) bond motifs is 1. The van der Waals surface area contributed by atoms with Crippen LogP contribution in [-0.4, -0.2) is 48.6 Å². The molecular formula is C23H34N2. The molecule has 4 rings (SSSR count). The molecule has 2 saturated heterocycles. The molecule has 3 aliphatic rings. The van der Waals surface area contributed by atoms with Crippen LogP contribution in [0.15, 0.2) is 30.3 Å². The van der Waals surface area contributed by atoms with Crippen LogP contribution >= 0.6 is 0 Å². The van der Waals surface area contributed by atoms with E-state index in [9.17, 15) is 0 Å². The minimum Gasteiger partial charge on any atom is -0.302 e. The molecule has 0 bridgehead atoms. The average molecular weight is 339 g/mol. The predicted octanol–water partition coefficient (Wildman–Crippen LogP) is 4.92. The molecule has 2 fully saturated rings. The molecule has 1 aliphatic carbocycles. The summed E-state index contributed by atoms with van der Waals surface area (Å²) in [5.74, 6) is 0.721. The molecule has 0 N–H and O–H groups in total. The van der Waals surface area contributed by atoms with E-state index in [1.165, 1.54) is 89.7 Å². The molecule has 2 heteroatoms. The van der Waals surface area contributed by atoms with Crippen LogP contribution in [0.3, 0.4) is 0 Å². The normalized spacial score (nSPS) is 28.0. The number of rotatable bonds is 5. The lowest BCUT2D eigenvalue weighted by atomic mass is 9.84. The first-order chi connectivity index (χ1) is 12.4. The number of hydrogen-bond acceptors (Lipinski definition) is 2. The number of nitrogens with zero attached hydrogens (tertiary/aromatic N) is 2. The Morgan fingerprint density at radius 3 is 2.68 bits per heavy atom. The molecule has 136 valence electrons. The summed E-state index contributed by atoms with van der Waals surface area (Å²) < 4.78 is 0. The molecule has 2 nitrogen and oxygen atoms in total. The third-order valence-corrected chi connectivity index (χ3v) is 6.59. The molecule has 2 aliphatic heterocycles. The quantitative estimate of drug-likeness (QED) is 0.752. The Morgan fingerprint density at radius 2 is 1.76 bits per heavy atom. The molecule has 0 aromatic heterocycles. The SMILES string of the molecule is C1=Cc2ccccc2C(CCN2CCCCC2CN2CCCCC2)C1. The van der Waals surface area contributed by atoms with Crippen LogP contribution in [0.4, 0.5) is 0 Å². The highest BCUT2D eigenvalue weighted by Crippen LogP contribution is 2.33. The van der Waals surface area contributed by atoms with Gasteiger partial charge in [-0.2, -0.15) is 0 Å². The van der Waals surface area contributed by atoms with E-state index in [-0.39, 0.29) is 0 Å². The molecule has 0 saturated carbocycles. The highest BCUT2D eigenvalue weighted by molar-refractivity contribution is 5.57. The van der Waals surface area contributed by atoms with Crippen LogP contribution in [0, 0.1) is 0 Å². The molecule has 0 amide bonds. The van der Waals surface area contributed by atoms with Crippen molar-refractivity contribution in [3.63, 3.8) is 0 Å². The summed E-state index contributed by atoms with van der Waals surface area (Å²) >= 11 is 0. The highest BCUT2D eigenvalue weighted by Gasteiger charge is 2.26. The standard InChI is InChI=1S/C23H34N2/c1-5-15-24(16-6-1)19-22-12-4-7-17-25(22)18-14-21-11-8-10-20-9-2-3-13-23(20)21/h2-3,8-10,13,21-22H,1,4-7,11-12,14-19H2. The fourth-order valence-corrected chi connectivity index (χ4v) is 5.12. The number of benzene rings is 1. The zero-order valence-electron chi connectivity index (χ0n) is 15.7. The van der Waals surface area contributed by atoms with Crippen LogP contribution in [-0.2, 0) is 0 Å². The summed E-state index contributed by atoms with van der Waals surface area (Å²) in [6, 6.07) is 9.82. The highest BCUT2D eigenvalue weighted by atomic mass is 15.2. The monoisotopic (exact) mass is 338 g/mol. The first kappa shape index (κ1) is 17.3. The van der Waals surface area contributed by atoms with Crippen molar-refractivity contribution in [2.24, 2.45) is 0 Å². The van der Waals surface area contributed by atoms with Crippen LogP contribution < -0.4 is 0 Å². The second-order valence-electron chi connectivity index (χ2n) is 8.30. The van der Waals surface area contributed by atoms with E-state index >= 15 is 0 Å². The van der Waals surface area contributed by atoms with Crippen molar-refractivity contribution in [1.82, 2.24) is 9.80 Å². The molecule has 1 aromatic rings. The third kappa shape index (κ3) is 4.35. The maximum Gasteiger partial charge on any atom is 0.0223 e. The van der Waals surface area contributed by atoms with Crippen LogP contribution in [0.5, 0.6) is 0 Å². The van der Waals surface area contributed by atoms with Crippen LogP contribution in [0.25, 0.3) is 6.08 Å². The van der Waals surface area contributed by atoms with Crippen molar-refractivity contribution < 1.29 is 0 Å². The maximum atomic E-state index is 2.83. The van der Waals surface area contributed by atoms with Gasteiger partial charge >= 0.3 is 0 Å². The lowest BCUT2D eigenvalue weighted by Gasteiger charge is -2.40. The molecule has 1 aromatic carbocycles. The lowest BCUT2D eigenvalue weighted by Crippen LogP contribution is -2.48. The summed E-state index contributed by atoms with van der Waals surface area (Å²) in [6.45, 7) is 6.60. The fraction of sp³-hybridized carbons (Fsp3) is 0.652. The average Bonchev–Trinajstić information content (AvgIpc) is 2.68. The van der Waals surface area contributed by atoms with Gasteiger partial charge < -0.3 is 4.90 Å². The van der Waals surface area contributed by atoms with Gasteiger partial charge in [0.2, 0.25) is 0 Å². The predicted molar refractivity (Wildman–Crippen MR) is 107 cm³/mol. The number of allylic oxidation sites excluding steroid dienone is 1. The van der Waals surface area contributed by atoms with Crippen molar-refractivity contribution in [2.75, 3.05) is 32.7 Å². The van der Waals surface area contributed by atoms with E-state index in [2.05, 4.69) is 46.2 Å². The lowest BCUT2D eigenvalue weighted by molar-refractivity contribution is 0.0927. The van der Waals surface area contributed by atoms with Crippen LogP contribution in [0.1, 0.15) is 68.4 Å². The summed E-state index contributed by atoms with van der Waals surface area (Å²) in [6.07, 6.45) is 15.8. The zero-order valence-corrected chi connectivity index (χ0v) is 15.7. The van der Waals surface area contributed by atoms with Gasteiger partial charge in [-0.3, -0.25) is 4.90 Å². The number of likely N-dealkylation sites (tertiary alicyclic amines) is 2. The van der Waals surface area contributed by atoms with E-state index < -0.39 is 0 Å². The van der Waals surface area contributed by atoms with E-state index in [1.54, 1.807) is 5.56 Å². The van der Waals surface area contributed by atoms with E-state index in [0.717, 1.165) is 12.0 Å². The summed E-state index contributed by atoms with van der Waals surface area (Å²) in [5, 5.41) is 0. The first-order valence-corrected chi connectivity index (χ1v) is 10.6. The van der Waals surface area contributed by atoms with Crippen molar-refractivity contribution in [3.8, 4) is 0 Å². The van der Waals surface area contributed by atoms with Gasteiger partial charge in [0.05, 0.1) is 0 Å². The molecule has 0 radical (unpaired) electrons. The Kier molecular flexibility index (Phi) is 5.89. The Balaban J connectivity index is 1.35. The van der Waals surface area contributed by atoms with Crippen molar-refractivity contribution in [1.29, 1.82) is 0 Å². The van der Waals surface area contributed by atoms with Gasteiger partial charge in [-0.1, -0.05) is 49.3 Å². The minimum absolute atomic E-state index is 0.721. The summed E-state index contributed by atoms with van der Waals surface area (Å²) in [4.78, 5) is 5.57. The molecule has 2 atom stereocenters. The molecular weight excluding hydrogens is 304 g/mol. The smallest absolute Gasteiger partial charge is 0.0223 e. The molecule has 25 heavy (non-hydrogen) atoms. The van der Waals surface area contributed by atoms with Crippen molar-refractivity contribution >= 4 is 6.08 Å². The molecule has 0 spiro atoms. The Labute approximate surface area is 153 Å². The van der Waals surface area contributed by atoms with Crippen molar-refractivity contribution in [3.05, 3.63) is 41.5 Å². The van der Waals surface area contributed by atoms with Gasteiger partial charge in [-0.05, 0) is 81.7 Å². The largest absolute Gasteiger partial charge is 0.302 e. The van der Waals surface area contributed by atoms with Crippen molar-refractivity contribution in [2.45, 2.75) is 63.3 Å². The Bertz CT molecular complexity index is 573. The summed E-state index contributed by atoms with van der Waals surface area (Å²) in [7, 11) is 0. The second-order valence-corrected chi connectivity index (χ2v) is 8.30. The van der Waals surface area contributed by atoms with Gasteiger partial charge in [0, 0.05) is 12.6 Å². The first-order valence-electron chi connectivity index (χ1n) is 10.6. The second kappa shape index (κ2) is 8.51. The maximum absolute atomic E-state index is 2.83. The topological polar surface area (TPSA) is 6.48 Å².